The van der Waals surface area contributed by atoms with Gasteiger partial charge in [0.2, 0.25) is 0 Å². The highest BCUT2D eigenvalue weighted by molar-refractivity contribution is 5.66. The Morgan fingerprint density at radius 2 is 2.19 bits per heavy atom. The monoisotopic (exact) mass is 217 g/mol. The molecule has 4 heteroatoms. The lowest BCUT2D eigenvalue weighted by molar-refractivity contribution is 0.411. The Labute approximate surface area is 94.9 Å². The fourth-order valence-electron chi connectivity index (χ4n) is 1.82. The highest BCUT2D eigenvalue weighted by Gasteiger charge is 2.13. The van der Waals surface area contributed by atoms with Gasteiger partial charge in [-0.1, -0.05) is 19.1 Å². The van der Waals surface area contributed by atoms with Crippen LogP contribution in [-0.2, 0) is 13.5 Å². The van der Waals surface area contributed by atoms with Crippen LogP contribution in [0, 0.1) is 0 Å². The van der Waals surface area contributed by atoms with Crippen LogP contribution in [0.25, 0.3) is 11.4 Å². The van der Waals surface area contributed by atoms with Crippen LogP contribution in [0.15, 0.2) is 24.5 Å². The van der Waals surface area contributed by atoms with Gasteiger partial charge in [-0.15, -0.1) is 0 Å². The Balaban J connectivity index is 2.61. The number of methoxy groups -OCH3 is 1. The van der Waals surface area contributed by atoms with E-state index in [-0.39, 0.29) is 0 Å². The first kappa shape index (κ1) is 10.7. The molecule has 0 unspecified atom stereocenters. The van der Waals surface area contributed by atoms with Gasteiger partial charge in [-0.3, -0.25) is 0 Å². The zero-order chi connectivity index (χ0) is 11.5. The molecular formula is C12H15N3O. The Morgan fingerprint density at radius 3 is 2.75 bits per heavy atom. The van der Waals surface area contributed by atoms with Crippen molar-refractivity contribution >= 4 is 0 Å². The molecule has 0 saturated heterocycles. The van der Waals surface area contributed by atoms with Crippen molar-refractivity contribution in [2.75, 3.05) is 7.11 Å². The van der Waals surface area contributed by atoms with Gasteiger partial charge in [0.25, 0.3) is 0 Å². The van der Waals surface area contributed by atoms with Gasteiger partial charge < -0.3 is 4.74 Å². The lowest BCUT2D eigenvalue weighted by Gasteiger charge is -2.11. The lowest BCUT2D eigenvalue weighted by atomic mass is 10.1. The maximum atomic E-state index is 5.47. The van der Waals surface area contributed by atoms with Crippen LogP contribution >= 0.6 is 0 Å². The first-order chi connectivity index (χ1) is 7.77. The lowest BCUT2D eigenvalue weighted by Crippen LogP contribution is -1.99. The number of benzene rings is 1. The average Bonchev–Trinajstić information content (AvgIpc) is 2.74. The third kappa shape index (κ3) is 1.66. The third-order valence-electron chi connectivity index (χ3n) is 2.63. The molecule has 0 spiro atoms. The van der Waals surface area contributed by atoms with Crippen molar-refractivity contribution < 1.29 is 4.74 Å². The van der Waals surface area contributed by atoms with E-state index in [0.29, 0.717) is 0 Å². The number of rotatable bonds is 3. The molecule has 0 aliphatic heterocycles. The van der Waals surface area contributed by atoms with E-state index < -0.39 is 0 Å². The van der Waals surface area contributed by atoms with E-state index in [9.17, 15) is 0 Å². The van der Waals surface area contributed by atoms with Crippen LogP contribution in [0.1, 0.15) is 12.5 Å². The van der Waals surface area contributed by atoms with Crippen molar-refractivity contribution in [3.8, 4) is 17.1 Å². The number of para-hydroxylation sites is 1. The van der Waals surface area contributed by atoms with Crippen molar-refractivity contribution in [1.29, 1.82) is 0 Å². The molecular weight excluding hydrogens is 202 g/mol. The Bertz CT molecular complexity index is 491. The molecule has 2 rings (SSSR count). The van der Waals surface area contributed by atoms with E-state index in [2.05, 4.69) is 23.1 Å². The average molecular weight is 217 g/mol. The second-order valence-corrected chi connectivity index (χ2v) is 3.56. The smallest absolute Gasteiger partial charge is 0.161 e. The van der Waals surface area contributed by atoms with Gasteiger partial charge in [-0.2, -0.15) is 5.10 Å². The normalized spacial score (nSPS) is 10.4. The van der Waals surface area contributed by atoms with Crippen molar-refractivity contribution in [3.63, 3.8) is 0 Å². The molecule has 0 N–H and O–H groups in total. The summed E-state index contributed by atoms with van der Waals surface area (Å²) in [5.41, 5.74) is 2.17. The summed E-state index contributed by atoms with van der Waals surface area (Å²) in [6.07, 6.45) is 2.49. The molecule has 0 fully saturated rings. The summed E-state index contributed by atoms with van der Waals surface area (Å²) in [6, 6.07) is 6.09. The van der Waals surface area contributed by atoms with Crippen LogP contribution in [0.3, 0.4) is 0 Å². The predicted octanol–water partition coefficient (Wildman–Crippen LogP) is 2.05. The number of ether oxygens (including phenoxy) is 1. The minimum absolute atomic E-state index is 0.826. The van der Waals surface area contributed by atoms with E-state index in [1.54, 1.807) is 18.1 Å². The SMILES string of the molecule is CCc1cccc(-c2ncnn2C)c1OC. The molecule has 0 aliphatic carbocycles. The number of aryl methyl sites for hydroxylation is 2. The van der Waals surface area contributed by atoms with E-state index >= 15 is 0 Å². The number of aromatic nitrogens is 3. The van der Waals surface area contributed by atoms with Crippen LogP contribution in [0.4, 0.5) is 0 Å². The second kappa shape index (κ2) is 4.35. The highest BCUT2D eigenvalue weighted by atomic mass is 16.5. The zero-order valence-corrected chi connectivity index (χ0v) is 9.77. The molecule has 4 nitrogen and oxygen atoms in total. The van der Waals surface area contributed by atoms with E-state index in [4.69, 9.17) is 4.74 Å². The van der Waals surface area contributed by atoms with Gasteiger partial charge in [0, 0.05) is 7.05 Å². The van der Waals surface area contributed by atoms with E-state index in [0.717, 1.165) is 23.6 Å². The maximum absolute atomic E-state index is 5.47. The molecule has 1 aromatic carbocycles. The Kier molecular flexibility index (Phi) is 2.90. The molecule has 0 radical (unpaired) electrons. The van der Waals surface area contributed by atoms with Crippen LogP contribution < -0.4 is 4.74 Å². The van der Waals surface area contributed by atoms with Crippen molar-refractivity contribution in [3.05, 3.63) is 30.1 Å². The fourth-order valence-corrected chi connectivity index (χ4v) is 1.82. The molecule has 0 amide bonds. The largest absolute Gasteiger partial charge is 0.496 e. The second-order valence-electron chi connectivity index (χ2n) is 3.56. The van der Waals surface area contributed by atoms with Crippen LogP contribution in [0.5, 0.6) is 5.75 Å². The molecule has 2 aromatic rings. The predicted molar refractivity (Wildman–Crippen MR) is 62.4 cm³/mol. The summed E-state index contributed by atoms with van der Waals surface area (Å²) in [4.78, 5) is 4.24. The molecule has 0 atom stereocenters. The summed E-state index contributed by atoms with van der Waals surface area (Å²) in [5, 5.41) is 4.07. The summed E-state index contributed by atoms with van der Waals surface area (Å²) < 4.78 is 7.21. The standard InChI is InChI=1S/C12H15N3O/c1-4-9-6-5-7-10(11(9)16-3)12-13-8-14-15(12)2/h5-8H,4H2,1-3H3. The van der Waals surface area contributed by atoms with Gasteiger partial charge in [0.15, 0.2) is 5.82 Å². The zero-order valence-electron chi connectivity index (χ0n) is 9.77. The first-order valence-electron chi connectivity index (χ1n) is 5.28. The number of nitrogens with zero attached hydrogens (tertiary/aromatic N) is 3. The molecule has 1 aromatic heterocycles. The molecule has 1 heterocycles. The maximum Gasteiger partial charge on any atom is 0.161 e. The van der Waals surface area contributed by atoms with Crippen molar-refractivity contribution in [2.24, 2.45) is 7.05 Å². The highest BCUT2D eigenvalue weighted by Crippen LogP contribution is 2.31. The molecule has 0 bridgehead atoms. The minimum atomic E-state index is 0.826. The number of hydrogen-bond donors (Lipinski definition) is 0. The Hall–Kier alpha value is -1.84. The van der Waals surface area contributed by atoms with Gasteiger partial charge in [-0.05, 0) is 18.1 Å². The first-order valence-corrected chi connectivity index (χ1v) is 5.28. The van der Waals surface area contributed by atoms with Crippen LogP contribution in [-0.4, -0.2) is 21.9 Å². The summed E-state index contributed by atoms with van der Waals surface area (Å²) in [6.45, 7) is 2.11. The van der Waals surface area contributed by atoms with Gasteiger partial charge >= 0.3 is 0 Å². The topological polar surface area (TPSA) is 39.9 Å². The van der Waals surface area contributed by atoms with Crippen LogP contribution in [0.2, 0.25) is 0 Å². The molecule has 0 aliphatic rings. The third-order valence-corrected chi connectivity index (χ3v) is 2.63. The van der Waals surface area contributed by atoms with Crippen molar-refractivity contribution in [1.82, 2.24) is 14.8 Å². The molecule has 16 heavy (non-hydrogen) atoms. The number of hydrogen-bond acceptors (Lipinski definition) is 3. The van der Waals surface area contributed by atoms with Gasteiger partial charge in [0.1, 0.15) is 12.1 Å². The summed E-state index contributed by atoms with van der Waals surface area (Å²) in [5.74, 6) is 1.72. The van der Waals surface area contributed by atoms with Crippen molar-refractivity contribution in [2.45, 2.75) is 13.3 Å². The summed E-state index contributed by atoms with van der Waals surface area (Å²) >= 11 is 0. The minimum Gasteiger partial charge on any atom is -0.496 e. The molecule has 0 saturated carbocycles. The molecule has 84 valence electrons. The quantitative estimate of drug-likeness (QED) is 0.790. The van der Waals surface area contributed by atoms with E-state index in [1.165, 1.54) is 5.56 Å². The van der Waals surface area contributed by atoms with Gasteiger partial charge in [0.05, 0.1) is 12.7 Å². The fraction of sp³-hybridized carbons (Fsp3) is 0.333. The Morgan fingerprint density at radius 1 is 1.38 bits per heavy atom. The summed E-state index contributed by atoms with van der Waals surface area (Å²) in [7, 11) is 3.56. The van der Waals surface area contributed by atoms with E-state index in [1.807, 2.05) is 19.2 Å². The van der Waals surface area contributed by atoms with Gasteiger partial charge in [-0.25, -0.2) is 9.67 Å².